The lowest BCUT2D eigenvalue weighted by atomic mass is 10.2. The first-order chi connectivity index (χ1) is 11.9. The lowest BCUT2D eigenvalue weighted by Gasteiger charge is -2.20. The predicted octanol–water partition coefficient (Wildman–Crippen LogP) is 3.31. The fourth-order valence-electron chi connectivity index (χ4n) is 2.08. The maximum absolute atomic E-state index is 12.9. The van der Waals surface area contributed by atoms with Crippen molar-refractivity contribution in [2.75, 3.05) is 13.1 Å². The van der Waals surface area contributed by atoms with Crippen molar-refractivity contribution >= 4 is 35.0 Å². The monoisotopic (exact) mass is 383 g/mol. The van der Waals surface area contributed by atoms with Gasteiger partial charge in [-0.3, -0.25) is 9.59 Å². The van der Waals surface area contributed by atoms with Gasteiger partial charge in [-0.15, -0.1) is 0 Å². The lowest BCUT2D eigenvalue weighted by molar-refractivity contribution is -0.121. The van der Waals surface area contributed by atoms with Crippen LogP contribution in [0.15, 0.2) is 36.4 Å². The van der Waals surface area contributed by atoms with Gasteiger partial charge in [0.15, 0.2) is 0 Å². The molecule has 2 amide bonds. The van der Waals surface area contributed by atoms with E-state index in [2.05, 4.69) is 10.3 Å². The molecular weight excluding hydrogens is 368 g/mol. The van der Waals surface area contributed by atoms with Crippen molar-refractivity contribution < 1.29 is 14.0 Å². The molecule has 0 bridgehead atoms. The average molecular weight is 384 g/mol. The summed E-state index contributed by atoms with van der Waals surface area (Å²) in [4.78, 5) is 29.8. The molecule has 0 spiro atoms. The van der Waals surface area contributed by atoms with E-state index in [0.717, 1.165) is 5.56 Å². The highest BCUT2D eigenvalue weighted by molar-refractivity contribution is 6.34. The SMILES string of the molecule is CCN(CC(=O)NCc1ccc(F)cc1)C(=O)c1nc(Cl)ccc1Cl. The number of carbonyl (C=O) groups excluding carboxylic acids is 2. The molecule has 0 aliphatic carbocycles. The molecule has 0 radical (unpaired) electrons. The maximum atomic E-state index is 12.9. The molecule has 0 saturated heterocycles. The number of hydrogen-bond donors (Lipinski definition) is 1. The topological polar surface area (TPSA) is 62.3 Å². The molecule has 0 fully saturated rings. The van der Waals surface area contributed by atoms with Crippen LogP contribution in [0.1, 0.15) is 23.0 Å². The number of hydrogen-bond acceptors (Lipinski definition) is 3. The van der Waals surface area contributed by atoms with Crippen LogP contribution < -0.4 is 5.32 Å². The van der Waals surface area contributed by atoms with Gasteiger partial charge in [-0.05, 0) is 36.8 Å². The number of amides is 2. The number of rotatable bonds is 6. The molecule has 0 aliphatic heterocycles. The number of likely N-dealkylation sites (N-methyl/N-ethyl adjacent to an activating group) is 1. The Kier molecular flexibility index (Phi) is 6.73. The molecule has 2 aromatic rings. The number of halogens is 3. The van der Waals surface area contributed by atoms with E-state index in [1.54, 1.807) is 19.1 Å². The Hall–Kier alpha value is -2.18. The second-order valence-corrected chi connectivity index (χ2v) is 5.98. The van der Waals surface area contributed by atoms with Crippen molar-refractivity contribution in [2.24, 2.45) is 0 Å². The smallest absolute Gasteiger partial charge is 0.274 e. The molecule has 1 N–H and O–H groups in total. The first-order valence-corrected chi connectivity index (χ1v) is 8.28. The van der Waals surface area contributed by atoms with Gasteiger partial charge in [0.2, 0.25) is 5.91 Å². The van der Waals surface area contributed by atoms with Crippen molar-refractivity contribution in [3.05, 3.63) is 63.6 Å². The molecule has 2 rings (SSSR count). The van der Waals surface area contributed by atoms with E-state index in [0.29, 0.717) is 6.54 Å². The summed E-state index contributed by atoms with van der Waals surface area (Å²) in [7, 11) is 0. The fraction of sp³-hybridized carbons (Fsp3) is 0.235. The van der Waals surface area contributed by atoms with Gasteiger partial charge in [0, 0.05) is 13.1 Å². The van der Waals surface area contributed by atoms with E-state index in [4.69, 9.17) is 23.2 Å². The first-order valence-electron chi connectivity index (χ1n) is 7.53. The van der Waals surface area contributed by atoms with Gasteiger partial charge in [-0.1, -0.05) is 35.3 Å². The number of nitrogens with zero attached hydrogens (tertiary/aromatic N) is 2. The molecule has 1 aromatic heterocycles. The van der Waals surface area contributed by atoms with Crippen LogP contribution in [0.5, 0.6) is 0 Å². The molecule has 1 heterocycles. The van der Waals surface area contributed by atoms with Crippen LogP contribution in [0.25, 0.3) is 0 Å². The number of pyridine rings is 1. The summed E-state index contributed by atoms with van der Waals surface area (Å²) in [5, 5.41) is 2.99. The third kappa shape index (κ3) is 5.41. The van der Waals surface area contributed by atoms with E-state index < -0.39 is 5.91 Å². The molecule has 132 valence electrons. The van der Waals surface area contributed by atoms with Gasteiger partial charge < -0.3 is 10.2 Å². The summed E-state index contributed by atoms with van der Waals surface area (Å²) < 4.78 is 12.9. The van der Waals surface area contributed by atoms with Gasteiger partial charge in [0.05, 0.1) is 11.6 Å². The van der Waals surface area contributed by atoms with Crippen molar-refractivity contribution in [2.45, 2.75) is 13.5 Å². The Morgan fingerprint density at radius 2 is 1.84 bits per heavy atom. The molecule has 0 saturated carbocycles. The lowest BCUT2D eigenvalue weighted by Crippen LogP contribution is -2.40. The molecular formula is C17H16Cl2FN3O2. The number of benzene rings is 1. The first kappa shape index (κ1) is 19.1. The van der Waals surface area contributed by atoms with Gasteiger partial charge in [0.1, 0.15) is 16.7 Å². The van der Waals surface area contributed by atoms with Crippen LogP contribution in [0.2, 0.25) is 10.2 Å². The quantitative estimate of drug-likeness (QED) is 0.778. The molecule has 8 heteroatoms. The van der Waals surface area contributed by atoms with Gasteiger partial charge >= 0.3 is 0 Å². The summed E-state index contributed by atoms with van der Waals surface area (Å²) in [5.41, 5.74) is 0.756. The minimum Gasteiger partial charge on any atom is -0.350 e. The Morgan fingerprint density at radius 3 is 2.48 bits per heavy atom. The number of carbonyl (C=O) groups is 2. The fourth-order valence-corrected chi connectivity index (χ4v) is 2.41. The normalized spacial score (nSPS) is 10.4. The van der Waals surface area contributed by atoms with Gasteiger partial charge in [0.25, 0.3) is 5.91 Å². The van der Waals surface area contributed by atoms with E-state index in [1.807, 2.05) is 0 Å². The van der Waals surface area contributed by atoms with Crippen LogP contribution in [-0.2, 0) is 11.3 Å². The summed E-state index contributed by atoms with van der Waals surface area (Å²) >= 11 is 11.8. The van der Waals surface area contributed by atoms with Crippen molar-refractivity contribution in [1.29, 1.82) is 0 Å². The van der Waals surface area contributed by atoms with E-state index in [1.165, 1.54) is 29.2 Å². The van der Waals surface area contributed by atoms with Gasteiger partial charge in [-0.25, -0.2) is 9.37 Å². The highest BCUT2D eigenvalue weighted by Gasteiger charge is 2.21. The molecule has 25 heavy (non-hydrogen) atoms. The van der Waals surface area contributed by atoms with E-state index in [-0.39, 0.29) is 40.7 Å². The van der Waals surface area contributed by atoms with Crippen LogP contribution in [-0.4, -0.2) is 34.8 Å². The van der Waals surface area contributed by atoms with E-state index >= 15 is 0 Å². The largest absolute Gasteiger partial charge is 0.350 e. The van der Waals surface area contributed by atoms with Crippen LogP contribution in [0.3, 0.4) is 0 Å². The summed E-state index contributed by atoms with van der Waals surface area (Å²) in [6.07, 6.45) is 0. The standard InChI is InChI=1S/C17H16Cl2FN3O2/c1-2-23(17(25)16-13(18)7-8-14(19)22-16)10-15(24)21-9-11-3-5-12(20)6-4-11/h3-8H,2,9-10H2,1H3,(H,21,24). The van der Waals surface area contributed by atoms with Crippen LogP contribution >= 0.6 is 23.2 Å². The van der Waals surface area contributed by atoms with Crippen molar-refractivity contribution in [3.8, 4) is 0 Å². The zero-order valence-electron chi connectivity index (χ0n) is 13.4. The van der Waals surface area contributed by atoms with Crippen molar-refractivity contribution in [3.63, 3.8) is 0 Å². The second-order valence-electron chi connectivity index (χ2n) is 5.19. The van der Waals surface area contributed by atoms with Crippen molar-refractivity contribution in [1.82, 2.24) is 15.2 Å². The Labute approximate surface area is 154 Å². The number of nitrogens with one attached hydrogen (secondary N) is 1. The maximum Gasteiger partial charge on any atom is 0.274 e. The zero-order valence-corrected chi connectivity index (χ0v) is 14.9. The Bertz CT molecular complexity index is 769. The van der Waals surface area contributed by atoms with Crippen LogP contribution in [0, 0.1) is 5.82 Å². The molecule has 0 aliphatic rings. The summed E-state index contributed by atoms with van der Waals surface area (Å²) in [5.74, 6) is -1.17. The third-order valence-corrected chi connectivity index (χ3v) is 3.94. The second kappa shape index (κ2) is 8.78. The average Bonchev–Trinajstić information content (AvgIpc) is 2.60. The minimum absolute atomic E-state index is 0.00218. The summed E-state index contributed by atoms with van der Waals surface area (Å²) in [6, 6.07) is 8.74. The Balaban J connectivity index is 1.98. The predicted molar refractivity (Wildman–Crippen MR) is 94.1 cm³/mol. The van der Waals surface area contributed by atoms with Gasteiger partial charge in [-0.2, -0.15) is 0 Å². The van der Waals surface area contributed by atoms with E-state index in [9.17, 15) is 14.0 Å². The molecule has 1 aromatic carbocycles. The highest BCUT2D eigenvalue weighted by atomic mass is 35.5. The third-order valence-electron chi connectivity index (χ3n) is 3.42. The Morgan fingerprint density at radius 1 is 1.16 bits per heavy atom. The minimum atomic E-state index is -0.480. The molecule has 0 unspecified atom stereocenters. The number of aromatic nitrogens is 1. The summed E-state index contributed by atoms with van der Waals surface area (Å²) in [6.45, 7) is 2.12. The van der Waals surface area contributed by atoms with Crippen LogP contribution in [0.4, 0.5) is 4.39 Å². The highest BCUT2D eigenvalue weighted by Crippen LogP contribution is 2.18. The molecule has 0 atom stereocenters. The zero-order chi connectivity index (χ0) is 18.4. The molecule has 5 nitrogen and oxygen atoms in total.